The fourth-order valence-corrected chi connectivity index (χ4v) is 2.99. The fourth-order valence-electron chi connectivity index (χ4n) is 2.99. The lowest BCUT2D eigenvalue weighted by Crippen LogP contribution is -2.40. The minimum Gasteiger partial charge on any atom is -0.497 e. The Balaban J connectivity index is 1.57. The second kappa shape index (κ2) is 9.86. The van der Waals surface area contributed by atoms with E-state index in [0.717, 1.165) is 16.9 Å². The quantitative estimate of drug-likeness (QED) is 0.562. The van der Waals surface area contributed by atoms with E-state index in [0.29, 0.717) is 17.5 Å². The summed E-state index contributed by atoms with van der Waals surface area (Å²) in [6.45, 7) is 1.99. The first-order chi connectivity index (χ1) is 14.9. The van der Waals surface area contributed by atoms with E-state index < -0.39 is 11.8 Å². The maximum atomic E-state index is 12.3. The van der Waals surface area contributed by atoms with Gasteiger partial charge < -0.3 is 24.7 Å². The number of likely N-dealkylation sites (N-methyl/N-ethyl adjacent to an activating group) is 1. The van der Waals surface area contributed by atoms with E-state index >= 15 is 0 Å². The molecule has 2 aromatic carbocycles. The molecule has 0 bridgehead atoms. The third-order valence-corrected chi connectivity index (χ3v) is 4.70. The number of aryl methyl sites for hydroxylation is 1. The summed E-state index contributed by atoms with van der Waals surface area (Å²) < 4.78 is 10.5. The average molecular weight is 423 g/mol. The van der Waals surface area contributed by atoms with Gasteiger partial charge >= 0.3 is 11.8 Å². The van der Waals surface area contributed by atoms with Crippen molar-refractivity contribution < 1.29 is 18.7 Å². The molecule has 0 spiro atoms. The van der Waals surface area contributed by atoms with Crippen LogP contribution in [-0.4, -0.2) is 54.7 Å². The third kappa shape index (κ3) is 5.67. The summed E-state index contributed by atoms with van der Waals surface area (Å²) >= 11 is 0. The van der Waals surface area contributed by atoms with Gasteiger partial charge in [0.25, 0.3) is 0 Å². The summed E-state index contributed by atoms with van der Waals surface area (Å²) in [4.78, 5) is 26.6. The van der Waals surface area contributed by atoms with Gasteiger partial charge in [-0.2, -0.15) is 0 Å². The number of anilines is 1. The van der Waals surface area contributed by atoms with Gasteiger partial charge in [-0.25, -0.2) is 0 Å². The van der Waals surface area contributed by atoms with Gasteiger partial charge in [-0.1, -0.05) is 12.1 Å². The number of carbonyl (C=O) groups is 2. The molecule has 162 valence electrons. The van der Waals surface area contributed by atoms with Crippen molar-refractivity contribution in [2.75, 3.05) is 33.1 Å². The molecule has 1 aromatic heterocycles. The number of ether oxygens (including phenoxy) is 1. The third-order valence-electron chi connectivity index (χ3n) is 4.70. The van der Waals surface area contributed by atoms with Crippen molar-refractivity contribution in [1.82, 2.24) is 20.4 Å². The molecule has 31 heavy (non-hydrogen) atoms. The summed E-state index contributed by atoms with van der Waals surface area (Å²) in [7, 11) is 5.43. The van der Waals surface area contributed by atoms with Gasteiger partial charge in [-0.3, -0.25) is 9.59 Å². The first kappa shape index (κ1) is 22.0. The molecule has 9 heteroatoms. The number of amides is 2. The van der Waals surface area contributed by atoms with Gasteiger partial charge in [0.05, 0.1) is 13.2 Å². The lowest BCUT2D eigenvalue weighted by Gasteiger charge is -2.25. The summed E-state index contributed by atoms with van der Waals surface area (Å²) in [6.07, 6.45) is 0. The second-order valence-corrected chi connectivity index (χ2v) is 7.12. The molecule has 2 amide bonds. The summed E-state index contributed by atoms with van der Waals surface area (Å²) in [6, 6.07) is 14.3. The largest absolute Gasteiger partial charge is 0.497 e. The van der Waals surface area contributed by atoms with Crippen LogP contribution in [-0.2, 0) is 9.59 Å². The van der Waals surface area contributed by atoms with Crippen molar-refractivity contribution >= 4 is 17.5 Å². The molecule has 3 aromatic rings. The molecule has 0 fully saturated rings. The van der Waals surface area contributed by atoms with E-state index in [1.54, 1.807) is 38.3 Å². The molecular weight excluding hydrogens is 398 g/mol. The molecule has 1 heterocycles. The van der Waals surface area contributed by atoms with Crippen LogP contribution >= 0.6 is 0 Å². The summed E-state index contributed by atoms with van der Waals surface area (Å²) in [5.41, 5.74) is 2.20. The molecule has 0 aliphatic heterocycles. The minimum absolute atomic E-state index is 0.0974. The van der Waals surface area contributed by atoms with E-state index in [-0.39, 0.29) is 12.6 Å². The Morgan fingerprint density at radius 1 is 1.03 bits per heavy atom. The predicted octanol–water partition coefficient (Wildman–Crippen LogP) is 2.41. The Morgan fingerprint density at radius 3 is 2.26 bits per heavy atom. The van der Waals surface area contributed by atoms with Gasteiger partial charge in [-0.15, -0.1) is 10.2 Å². The molecular formula is C22H25N5O4. The molecule has 2 N–H and O–H groups in total. The van der Waals surface area contributed by atoms with Crippen LogP contribution in [0.3, 0.4) is 0 Å². The van der Waals surface area contributed by atoms with Crippen LogP contribution in [0.4, 0.5) is 5.69 Å². The Labute approximate surface area is 180 Å². The number of rotatable bonds is 7. The lowest BCUT2D eigenvalue weighted by molar-refractivity contribution is -0.136. The van der Waals surface area contributed by atoms with Crippen LogP contribution in [0.5, 0.6) is 5.75 Å². The van der Waals surface area contributed by atoms with Crippen molar-refractivity contribution in [2.24, 2.45) is 0 Å². The first-order valence-corrected chi connectivity index (χ1v) is 9.67. The summed E-state index contributed by atoms with van der Waals surface area (Å²) in [5.74, 6) is 0.159. The molecule has 0 saturated carbocycles. The van der Waals surface area contributed by atoms with E-state index in [4.69, 9.17) is 9.15 Å². The molecule has 0 unspecified atom stereocenters. The van der Waals surface area contributed by atoms with Gasteiger partial charge in [-0.05, 0) is 56.1 Å². The van der Waals surface area contributed by atoms with Gasteiger partial charge in [0.1, 0.15) is 5.75 Å². The second-order valence-electron chi connectivity index (χ2n) is 7.12. The minimum atomic E-state index is -0.742. The number of carbonyl (C=O) groups excluding carboxylic acids is 2. The smallest absolute Gasteiger partial charge is 0.313 e. The topological polar surface area (TPSA) is 110 Å². The van der Waals surface area contributed by atoms with Crippen LogP contribution in [0.15, 0.2) is 52.9 Å². The first-order valence-electron chi connectivity index (χ1n) is 9.67. The monoisotopic (exact) mass is 423 g/mol. The maximum Gasteiger partial charge on any atom is 0.313 e. The van der Waals surface area contributed by atoms with Crippen LogP contribution in [0, 0.1) is 6.92 Å². The molecule has 0 aliphatic rings. The highest BCUT2D eigenvalue weighted by atomic mass is 16.5. The number of aromatic nitrogens is 2. The number of nitrogens with zero attached hydrogens (tertiary/aromatic N) is 3. The van der Waals surface area contributed by atoms with Gasteiger partial charge in [0, 0.05) is 24.7 Å². The van der Waals surface area contributed by atoms with Gasteiger partial charge in [0.2, 0.25) is 11.8 Å². The number of hydrogen-bond donors (Lipinski definition) is 2. The van der Waals surface area contributed by atoms with Crippen molar-refractivity contribution in [1.29, 1.82) is 0 Å². The van der Waals surface area contributed by atoms with E-state index in [9.17, 15) is 9.59 Å². The number of hydrogen-bond acceptors (Lipinski definition) is 7. The van der Waals surface area contributed by atoms with Crippen molar-refractivity contribution in [3.63, 3.8) is 0 Å². The number of nitrogens with one attached hydrogen (secondary N) is 2. The normalized spacial score (nSPS) is 11.8. The van der Waals surface area contributed by atoms with Crippen molar-refractivity contribution in [2.45, 2.75) is 13.0 Å². The molecule has 0 radical (unpaired) electrons. The highest BCUT2D eigenvalue weighted by Crippen LogP contribution is 2.21. The zero-order chi connectivity index (χ0) is 22.4. The Morgan fingerprint density at radius 2 is 1.71 bits per heavy atom. The van der Waals surface area contributed by atoms with E-state index in [1.807, 2.05) is 43.3 Å². The molecule has 9 nitrogen and oxygen atoms in total. The predicted molar refractivity (Wildman–Crippen MR) is 116 cm³/mol. The van der Waals surface area contributed by atoms with Gasteiger partial charge in [0.15, 0.2) is 0 Å². The maximum absolute atomic E-state index is 12.3. The van der Waals surface area contributed by atoms with Crippen LogP contribution in [0.25, 0.3) is 11.5 Å². The Bertz CT molecular complexity index is 1030. The molecule has 3 rings (SSSR count). The zero-order valence-electron chi connectivity index (χ0n) is 17.9. The average Bonchev–Trinajstić information content (AvgIpc) is 3.20. The highest BCUT2D eigenvalue weighted by molar-refractivity contribution is 6.39. The SMILES string of the molecule is COc1ccc([C@@H](CNC(=O)C(=O)Nc2ccc(-c3nnc(C)o3)cc2)N(C)C)cc1. The van der Waals surface area contributed by atoms with Crippen LogP contribution in [0.2, 0.25) is 0 Å². The van der Waals surface area contributed by atoms with E-state index in [2.05, 4.69) is 20.8 Å². The van der Waals surface area contributed by atoms with Crippen LogP contribution < -0.4 is 15.4 Å². The standard InChI is InChI=1S/C22H25N5O4/c1-14-25-26-22(31-14)16-5-9-17(10-6-16)24-21(29)20(28)23-13-19(27(2)3)15-7-11-18(30-4)12-8-15/h5-12,19H,13H2,1-4H3,(H,23,28)(H,24,29)/t19-/m1/s1. The van der Waals surface area contributed by atoms with E-state index in [1.165, 1.54) is 0 Å². The van der Waals surface area contributed by atoms with Crippen molar-refractivity contribution in [3.05, 3.63) is 60.0 Å². The highest BCUT2D eigenvalue weighted by Gasteiger charge is 2.19. The Hall–Kier alpha value is -3.72. The van der Waals surface area contributed by atoms with Crippen molar-refractivity contribution in [3.8, 4) is 17.2 Å². The zero-order valence-corrected chi connectivity index (χ0v) is 17.9. The fraction of sp³-hybridized carbons (Fsp3) is 0.273. The number of methoxy groups -OCH3 is 1. The molecule has 0 aliphatic carbocycles. The lowest BCUT2D eigenvalue weighted by atomic mass is 10.1. The summed E-state index contributed by atoms with van der Waals surface area (Å²) in [5, 5.41) is 13.0. The molecule has 1 atom stereocenters. The Kier molecular flexibility index (Phi) is 6.99. The molecule has 0 saturated heterocycles. The van der Waals surface area contributed by atoms with Crippen LogP contribution in [0.1, 0.15) is 17.5 Å². The number of benzene rings is 2.